The first kappa shape index (κ1) is 18.3. The number of ether oxygens (including phenoxy) is 1. The van der Waals surface area contributed by atoms with E-state index in [2.05, 4.69) is 17.2 Å². The number of carbonyl (C=O) groups excluding carboxylic acids is 2. The molecule has 1 aliphatic heterocycles. The summed E-state index contributed by atoms with van der Waals surface area (Å²) in [5, 5.41) is 3.21. The third-order valence-corrected chi connectivity index (χ3v) is 4.68. The Hall–Kier alpha value is -2.00. The smallest absolute Gasteiger partial charge is 0.350 e. The van der Waals surface area contributed by atoms with Crippen LogP contribution in [-0.4, -0.2) is 43.5 Å². The van der Waals surface area contributed by atoms with Crippen molar-refractivity contribution in [2.24, 2.45) is 5.41 Å². The summed E-state index contributed by atoms with van der Waals surface area (Å²) in [7, 11) is 3.15. The number of nitrogens with zero attached hydrogens (tertiary/aromatic N) is 1. The number of amides is 1. The highest BCUT2D eigenvalue weighted by Gasteiger charge is 2.28. The average Bonchev–Trinajstić information content (AvgIpc) is 2.91. The van der Waals surface area contributed by atoms with Crippen LogP contribution in [0.3, 0.4) is 0 Å². The van der Waals surface area contributed by atoms with Gasteiger partial charge in [0, 0.05) is 19.0 Å². The summed E-state index contributed by atoms with van der Waals surface area (Å²) in [6.45, 7) is 6.87. The number of esters is 1. The maximum absolute atomic E-state index is 12.3. The van der Waals surface area contributed by atoms with Crippen molar-refractivity contribution in [1.29, 1.82) is 0 Å². The second-order valence-electron chi connectivity index (χ2n) is 6.94. The maximum Gasteiger partial charge on any atom is 0.350 e. The minimum Gasteiger partial charge on any atom is -0.465 e. The Morgan fingerprint density at radius 2 is 2.17 bits per heavy atom. The normalized spacial score (nSPS) is 18.0. The lowest BCUT2D eigenvalue weighted by Gasteiger charge is -2.30. The van der Waals surface area contributed by atoms with Gasteiger partial charge in [-0.05, 0) is 39.7 Å². The van der Waals surface area contributed by atoms with Gasteiger partial charge < -0.3 is 15.0 Å². The van der Waals surface area contributed by atoms with Crippen LogP contribution in [0.1, 0.15) is 48.2 Å². The number of likely N-dealkylation sites (N-methyl/N-ethyl adjacent to an activating group) is 1. The van der Waals surface area contributed by atoms with Crippen molar-refractivity contribution in [2.45, 2.75) is 39.7 Å². The van der Waals surface area contributed by atoms with Crippen LogP contribution in [0.5, 0.6) is 0 Å². The van der Waals surface area contributed by atoms with E-state index in [1.165, 1.54) is 18.4 Å². The molecular weight excluding hydrogens is 324 g/mol. The standard InChI is InChI=1S/C18H24N2O3S/c1-18(2,3)9-8-12-11-14(15(24-12)17(22)23-5)19-13-7-6-10-20(4)16(13)21/h11,13,19H,6-7,10H2,1-5H3. The zero-order valence-corrected chi connectivity index (χ0v) is 15.7. The van der Waals surface area contributed by atoms with E-state index >= 15 is 0 Å². The summed E-state index contributed by atoms with van der Waals surface area (Å²) in [5.41, 5.74) is 0.504. The van der Waals surface area contributed by atoms with Gasteiger partial charge >= 0.3 is 5.97 Å². The van der Waals surface area contributed by atoms with Crippen LogP contribution in [-0.2, 0) is 9.53 Å². The first-order valence-corrected chi connectivity index (χ1v) is 8.80. The Morgan fingerprint density at radius 1 is 1.46 bits per heavy atom. The molecule has 1 saturated heterocycles. The molecule has 1 aromatic rings. The molecule has 6 heteroatoms. The molecule has 1 aliphatic rings. The lowest BCUT2D eigenvalue weighted by atomic mass is 9.98. The number of hydrogen-bond acceptors (Lipinski definition) is 5. The van der Waals surface area contributed by atoms with Gasteiger partial charge in [0.1, 0.15) is 10.9 Å². The number of piperidine rings is 1. The highest BCUT2D eigenvalue weighted by Crippen LogP contribution is 2.30. The van der Waals surface area contributed by atoms with E-state index in [0.29, 0.717) is 10.6 Å². The third-order valence-electron chi connectivity index (χ3n) is 3.65. The van der Waals surface area contributed by atoms with Crippen LogP contribution in [0.4, 0.5) is 5.69 Å². The summed E-state index contributed by atoms with van der Waals surface area (Å²) >= 11 is 1.29. The van der Waals surface area contributed by atoms with Gasteiger partial charge in [-0.25, -0.2) is 4.79 Å². The van der Waals surface area contributed by atoms with Gasteiger partial charge in [-0.1, -0.05) is 11.8 Å². The second-order valence-corrected chi connectivity index (χ2v) is 8.00. The van der Waals surface area contributed by atoms with Crippen molar-refractivity contribution in [3.8, 4) is 11.8 Å². The van der Waals surface area contributed by atoms with Crippen LogP contribution in [0.25, 0.3) is 0 Å². The number of nitrogens with one attached hydrogen (secondary N) is 1. The molecule has 0 bridgehead atoms. The second kappa shape index (κ2) is 7.27. The van der Waals surface area contributed by atoms with Gasteiger partial charge in [0.25, 0.3) is 0 Å². The van der Waals surface area contributed by atoms with E-state index in [1.54, 1.807) is 11.9 Å². The first-order valence-electron chi connectivity index (χ1n) is 7.98. The number of rotatable bonds is 3. The number of carbonyl (C=O) groups is 2. The van der Waals surface area contributed by atoms with Crippen molar-refractivity contribution in [3.05, 3.63) is 15.8 Å². The monoisotopic (exact) mass is 348 g/mol. The van der Waals surface area contributed by atoms with E-state index in [4.69, 9.17) is 4.74 Å². The van der Waals surface area contributed by atoms with Crippen molar-refractivity contribution in [3.63, 3.8) is 0 Å². The molecule has 0 saturated carbocycles. The number of likely N-dealkylation sites (tertiary alicyclic amines) is 1. The molecule has 1 amide bonds. The number of methoxy groups -OCH3 is 1. The largest absolute Gasteiger partial charge is 0.465 e. The molecule has 5 nitrogen and oxygen atoms in total. The fourth-order valence-electron chi connectivity index (χ4n) is 2.41. The molecule has 2 heterocycles. The Morgan fingerprint density at radius 3 is 2.79 bits per heavy atom. The first-order chi connectivity index (χ1) is 11.2. The van der Waals surface area contributed by atoms with Gasteiger partial charge in [0.2, 0.25) is 5.91 Å². The summed E-state index contributed by atoms with van der Waals surface area (Å²) in [4.78, 5) is 27.3. The van der Waals surface area contributed by atoms with Crippen molar-refractivity contribution >= 4 is 28.9 Å². The fraction of sp³-hybridized carbons (Fsp3) is 0.556. The van der Waals surface area contributed by atoms with E-state index in [9.17, 15) is 9.59 Å². The van der Waals surface area contributed by atoms with E-state index in [0.717, 1.165) is 24.3 Å². The molecular formula is C18H24N2O3S. The maximum atomic E-state index is 12.3. The minimum atomic E-state index is -0.414. The highest BCUT2D eigenvalue weighted by atomic mass is 32.1. The topological polar surface area (TPSA) is 58.6 Å². The number of anilines is 1. The highest BCUT2D eigenvalue weighted by molar-refractivity contribution is 7.15. The van der Waals surface area contributed by atoms with Crippen molar-refractivity contribution in [2.75, 3.05) is 26.0 Å². The number of thiophene rings is 1. The molecule has 1 fully saturated rings. The zero-order valence-electron chi connectivity index (χ0n) is 14.9. The molecule has 24 heavy (non-hydrogen) atoms. The van der Waals surface area contributed by atoms with Crippen LogP contribution in [0.15, 0.2) is 6.07 Å². The van der Waals surface area contributed by atoms with Crippen LogP contribution < -0.4 is 5.32 Å². The molecule has 0 spiro atoms. The van der Waals surface area contributed by atoms with Gasteiger partial charge in [-0.3, -0.25) is 4.79 Å². The molecule has 1 aromatic heterocycles. The van der Waals surface area contributed by atoms with Crippen molar-refractivity contribution in [1.82, 2.24) is 4.90 Å². The van der Waals surface area contributed by atoms with Gasteiger partial charge in [-0.15, -0.1) is 11.3 Å². The average molecular weight is 348 g/mol. The Kier molecular flexibility index (Phi) is 5.55. The fourth-order valence-corrected chi connectivity index (χ4v) is 3.30. The third kappa shape index (κ3) is 4.51. The molecule has 130 valence electrons. The van der Waals surface area contributed by atoms with Gasteiger partial charge in [0.15, 0.2) is 0 Å². The Bertz CT molecular complexity index is 691. The van der Waals surface area contributed by atoms with Crippen LogP contribution in [0, 0.1) is 17.3 Å². The molecule has 0 aliphatic carbocycles. The summed E-state index contributed by atoms with van der Waals surface area (Å²) < 4.78 is 4.86. The summed E-state index contributed by atoms with van der Waals surface area (Å²) in [5.74, 6) is 5.90. The van der Waals surface area contributed by atoms with Crippen LogP contribution >= 0.6 is 11.3 Å². The summed E-state index contributed by atoms with van der Waals surface area (Å²) in [6, 6.07) is 1.52. The molecule has 0 radical (unpaired) electrons. The van der Waals surface area contributed by atoms with E-state index in [1.807, 2.05) is 26.8 Å². The van der Waals surface area contributed by atoms with Gasteiger partial charge in [0.05, 0.1) is 17.7 Å². The van der Waals surface area contributed by atoms with E-state index < -0.39 is 5.97 Å². The molecule has 0 aromatic carbocycles. The molecule has 1 atom stereocenters. The number of hydrogen-bond donors (Lipinski definition) is 1. The molecule has 1 N–H and O–H groups in total. The van der Waals surface area contributed by atoms with E-state index in [-0.39, 0.29) is 17.4 Å². The van der Waals surface area contributed by atoms with Gasteiger partial charge in [-0.2, -0.15) is 0 Å². The quantitative estimate of drug-likeness (QED) is 0.674. The van der Waals surface area contributed by atoms with Crippen LogP contribution in [0.2, 0.25) is 0 Å². The SMILES string of the molecule is COC(=O)c1sc(C#CC(C)(C)C)cc1NC1CCCN(C)C1=O. The predicted octanol–water partition coefficient (Wildman–Crippen LogP) is 2.97. The summed E-state index contributed by atoms with van der Waals surface area (Å²) in [6.07, 6.45) is 1.69. The van der Waals surface area contributed by atoms with Crippen molar-refractivity contribution < 1.29 is 14.3 Å². The lowest BCUT2D eigenvalue weighted by Crippen LogP contribution is -2.45. The Labute approximate surface area is 147 Å². The zero-order chi connectivity index (χ0) is 17.9. The molecule has 2 rings (SSSR count). The minimum absolute atomic E-state index is 0.0468. The lowest BCUT2D eigenvalue weighted by molar-refractivity contribution is -0.132. The Balaban J connectivity index is 2.29. The molecule has 1 unspecified atom stereocenters. The predicted molar refractivity (Wildman–Crippen MR) is 96.3 cm³/mol.